The minimum Gasteiger partial charge on any atom is -0.494 e. The largest absolute Gasteiger partial charge is 0.494 e. The molecule has 2 rings (SSSR count). The third kappa shape index (κ3) is 4.72. The molecule has 1 aliphatic carbocycles. The molecule has 0 heterocycles. The molecule has 1 saturated carbocycles. The van der Waals surface area contributed by atoms with Gasteiger partial charge in [-0.3, -0.25) is 0 Å². The maximum Gasteiger partial charge on any atom is 0.331 e. The van der Waals surface area contributed by atoms with Crippen LogP contribution in [0.25, 0.3) is 6.08 Å². The highest BCUT2D eigenvalue weighted by molar-refractivity contribution is 5.87. The van der Waals surface area contributed by atoms with Crippen LogP contribution in [0, 0.1) is 0 Å². The Morgan fingerprint density at radius 2 is 1.90 bits per heavy atom. The van der Waals surface area contributed by atoms with E-state index in [1.165, 1.54) is 25.3 Å². The van der Waals surface area contributed by atoms with Crippen molar-refractivity contribution in [1.82, 2.24) is 0 Å². The molecular weight excluding hydrogens is 252 g/mol. The van der Waals surface area contributed by atoms with Crippen molar-refractivity contribution in [2.75, 3.05) is 6.61 Å². The lowest BCUT2D eigenvalue weighted by Gasteiger charge is -2.20. The summed E-state index contributed by atoms with van der Waals surface area (Å²) < 4.78 is 10.8. The highest BCUT2D eigenvalue weighted by Crippen LogP contribution is 2.20. The SMILES string of the molecule is CCOc1ccc(/C=C/C(=O)OC2CCCCC2)cc1. The standard InChI is InChI=1S/C17H22O3/c1-2-19-15-11-8-14(9-12-15)10-13-17(18)20-16-6-4-3-5-7-16/h8-13,16H,2-7H2,1H3/b13-10+. The Morgan fingerprint density at radius 3 is 2.55 bits per heavy atom. The zero-order chi connectivity index (χ0) is 14.2. The molecule has 1 aliphatic rings. The van der Waals surface area contributed by atoms with Crippen LogP contribution in [0.15, 0.2) is 30.3 Å². The molecule has 0 N–H and O–H groups in total. The minimum absolute atomic E-state index is 0.112. The quantitative estimate of drug-likeness (QED) is 0.602. The first-order valence-corrected chi connectivity index (χ1v) is 7.39. The van der Waals surface area contributed by atoms with Gasteiger partial charge in [0.1, 0.15) is 11.9 Å². The van der Waals surface area contributed by atoms with Gasteiger partial charge in [0.15, 0.2) is 0 Å². The summed E-state index contributed by atoms with van der Waals surface area (Å²) in [5, 5.41) is 0. The Kier molecular flexibility index (Phi) is 5.66. The molecule has 20 heavy (non-hydrogen) atoms. The van der Waals surface area contributed by atoms with Crippen LogP contribution in [0.4, 0.5) is 0 Å². The van der Waals surface area contributed by atoms with Gasteiger partial charge in [-0.1, -0.05) is 18.6 Å². The third-order valence-corrected chi connectivity index (χ3v) is 3.44. The van der Waals surface area contributed by atoms with Gasteiger partial charge in [-0.2, -0.15) is 0 Å². The van der Waals surface area contributed by atoms with Crippen molar-refractivity contribution in [3.05, 3.63) is 35.9 Å². The third-order valence-electron chi connectivity index (χ3n) is 3.44. The van der Waals surface area contributed by atoms with Crippen molar-refractivity contribution in [2.45, 2.75) is 45.1 Å². The Labute approximate surface area is 120 Å². The second-order valence-corrected chi connectivity index (χ2v) is 5.03. The topological polar surface area (TPSA) is 35.5 Å². The number of esters is 1. The van der Waals surface area contributed by atoms with Crippen molar-refractivity contribution in [3.8, 4) is 5.75 Å². The van der Waals surface area contributed by atoms with Crippen LogP contribution in [0.3, 0.4) is 0 Å². The van der Waals surface area contributed by atoms with Crippen LogP contribution >= 0.6 is 0 Å². The first kappa shape index (κ1) is 14.6. The molecule has 3 heteroatoms. The number of benzene rings is 1. The van der Waals surface area contributed by atoms with Crippen LogP contribution in [-0.4, -0.2) is 18.7 Å². The fourth-order valence-electron chi connectivity index (χ4n) is 2.39. The summed E-state index contributed by atoms with van der Waals surface area (Å²) in [5.41, 5.74) is 0.967. The maximum absolute atomic E-state index is 11.7. The minimum atomic E-state index is -0.245. The van der Waals surface area contributed by atoms with E-state index in [0.717, 1.165) is 24.2 Å². The van der Waals surface area contributed by atoms with Gasteiger partial charge in [0.2, 0.25) is 0 Å². The molecule has 0 aliphatic heterocycles. The van der Waals surface area contributed by atoms with E-state index in [1.807, 2.05) is 31.2 Å². The number of hydrogen-bond acceptors (Lipinski definition) is 3. The predicted octanol–water partition coefficient (Wildman–Crippen LogP) is 3.97. The predicted molar refractivity (Wildman–Crippen MR) is 79.6 cm³/mol. The molecule has 0 radical (unpaired) electrons. The van der Waals surface area contributed by atoms with Gasteiger partial charge in [-0.25, -0.2) is 4.79 Å². The molecule has 0 saturated heterocycles. The van der Waals surface area contributed by atoms with Crippen molar-refractivity contribution in [1.29, 1.82) is 0 Å². The molecule has 1 fully saturated rings. The first-order valence-electron chi connectivity index (χ1n) is 7.39. The molecule has 0 aromatic heterocycles. The maximum atomic E-state index is 11.7. The number of ether oxygens (including phenoxy) is 2. The molecule has 0 unspecified atom stereocenters. The van der Waals surface area contributed by atoms with E-state index in [1.54, 1.807) is 6.08 Å². The number of carbonyl (C=O) groups excluding carboxylic acids is 1. The van der Waals surface area contributed by atoms with Crippen LogP contribution in [0.1, 0.15) is 44.6 Å². The van der Waals surface area contributed by atoms with Crippen LogP contribution < -0.4 is 4.74 Å². The molecule has 108 valence electrons. The monoisotopic (exact) mass is 274 g/mol. The lowest BCUT2D eigenvalue weighted by molar-refractivity contribution is -0.144. The Hall–Kier alpha value is -1.77. The fraction of sp³-hybridized carbons (Fsp3) is 0.471. The lowest BCUT2D eigenvalue weighted by Crippen LogP contribution is -2.19. The smallest absolute Gasteiger partial charge is 0.331 e. The van der Waals surface area contributed by atoms with Gasteiger partial charge in [-0.05, 0) is 56.4 Å². The van der Waals surface area contributed by atoms with Crippen molar-refractivity contribution >= 4 is 12.0 Å². The molecule has 1 aromatic rings. The van der Waals surface area contributed by atoms with Crippen LogP contribution in [-0.2, 0) is 9.53 Å². The van der Waals surface area contributed by atoms with E-state index in [2.05, 4.69) is 0 Å². The van der Waals surface area contributed by atoms with Gasteiger partial charge < -0.3 is 9.47 Å². The van der Waals surface area contributed by atoms with Gasteiger partial charge in [0.25, 0.3) is 0 Å². The molecule has 0 spiro atoms. The van der Waals surface area contributed by atoms with E-state index >= 15 is 0 Å². The fourth-order valence-corrected chi connectivity index (χ4v) is 2.39. The van der Waals surface area contributed by atoms with Crippen molar-refractivity contribution in [3.63, 3.8) is 0 Å². The Balaban J connectivity index is 1.83. The summed E-state index contributed by atoms with van der Waals surface area (Å²) in [6.07, 6.45) is 8.99. The second kappa shape index (κ2) is 7.73. The average Bonchev–Trinajstić information content (AvgIpc) is 2.48. The Bertz CT molecular complexity index is 442. The molecule has 3 nitrogen and oxygen atoms in total. The second-order valence-electron chi connectivity index (χ2n) is 5.03. The summed E-state index contributed by atoms with van der Waals surface area (Å²) >= 11 is 0. The van der Waals surface area contributed by atoms with E-state index in [4.69, 9.17) is 9.47 Å². The summed E-state index contributed by atoms with van der Waals surface area (Å²) in [7, 11) is 0. The van der Waals surface area contributed by atoms with E-state index < -0.39 is 0 Å². The van der Waals surface area contributed by atoms with Crippen molar-refractivity contribution in [2.24, 2.45) is 0 Å². The van der Waals surface area contributed by atoms with Crippen LogP contribution in [0.2, 0.25) is 0 Å². The molecular formula is C17H22O3. The van der Waals surface area contributed by atoms with E-state index in [-0.39, 0.29) is 12.1 Å². The number of hydrogen-bond donors (Lipinski definition) is 0. The normalized spacial score (nSPS) is 16.2. The van der Waals surface area contributed by atoms with E-state index in [9.17, 15) is 4.79 Å². The highest BCUT2D eigenvalue weighted by Gasteiger charge is 2.16. The van der Waals surface area contributed by atoms with Gasteiger partial charge in [0.05, 0.1) is 6.61 Å². The summed E-state index contributed by atoms with van der Waals surface area (Å²) in [4.78, 5) is 11.7. The number of carbonyl (C=O) groups is 1. The van der Waals surface area contributed by atoms with Crippen molar-refractivity contribution < 1.29 is 14.3 Å². The first-order chi connectivity index (χ1) is 9.78. The zero-order valence-electron chi connectivity index (χ0n) is 12.0. The highest BCUT2D eigenvalue weighted by atomic mass is 16.5. The molecule has 0 atom stereocenters. The molecule has 0 amide bonds. The van der Waals surface area contributed by atoms with Gasteiger partial charge in [-0.15, -0.1) is 0 Å². The van der Waals surface area contributed by atoms with Gasteiger partial charge in [0, 0.05) is 6.08 Å². The summed E-state index contributed by atoms with van der Waals surface area (Å²) in [6, 6.07) is 7.65. The molecule has 1 aromatic carbocycles. The average molecular weight is 274 g/mol. The van der Waals surface area contributed by atoms with E-state index in [0.29, 0.717) is 6.61 Å². The summed E-state index contributed by atoms with van der Waals surface area (Å²) in [5.74, 6) is 0.597. The van der Waals surface area contributed by atoms with Gasteiger partial charge >= 0.3 is 5.97 Å². The summed E-state index contributed by atoms with van der Waals surface area (Å²) in [6.45, 7) is 2.61. The van der Waals surface area contributed by atoms with Crippen LogP contribution in [0.5, 0.6) is 5.75 Å². The lowest BCUT2D eigenvalue weighted by atomic mass is 9.98. The number of rotatable bonds is 5. The molecule has 0 bridgehead atoms. The zero-order valence-corrected chi connectivity index (χ0v) is 12.0. The Morgan fingerprint density at radius 1 is 1.20 bits per heavy atom.